The van der Waals surface area contributed by atoms with Gasteiger partial charge >= 0.3 is 0 Å². The van der Waals surface area contributed by atoms with Crippen LogP contribution in [0.25, 0.3) is 0 Å². The molecule has 80 valence electrons. The predicted molar refractivity (Wildman–Crippen MR) is 58.3 cm³/mol. The van der Waals surface area contributed by atoms with Gasteiger partial charge in [-0.2, -0.15) is 0 Å². The highest BCUT2D eigenvalue weighted by Crippen LogP contribution is 2.66. The Labute approximate surface area is 89.9 Å². The van der Waals surface area contributed by atoms with E-state index in [1.54, 1.807) is 0 Å². The standard InChI is InChI=1S/C13H16O2/c1-7-9-5-8(14)6-10-11(9)15-13(10,4)12(7,2)3/h5-7,14H,1-4H3. The van der Waals surface area contributed by atoms with Gasteiger partial charge in [0.05, 0.1) is 0 Å². The monoisotopic (exact) mass is 204 g/mol. The lowest BCUT2D eigenvalue weighted by Crippen LogP contribution is -2.56. The third kappa shape index (κ3) is 0.747. The van der Waals surface area contributed by atoms with Gasteiger partial charge in [-0.15, -0.1) is 0 Å². The Morgan fingerprint density at radius 1 is 1.27 bits per heavy atom. The van der Waals surface area contributed by atoms with Gasteiger partial charge in [-0.1, -0.05) is 20.8 Å². The van der Waals surface area contributed by atoms with E-state index in [4.69, 9.17) is 4.74 Å². The molecule has 0 fully saturated rings. The van der Waals surface area contributed by atoms with Crippen LogP contribution in [-0.2, 0) is 5.60 Å². The fourth-order valence-electron chi connectivity index (χ4n) is 2.92. The summed E-state index contributed by atoms with van der Waals surface area (Å²) in [5.74, 6) is 1.79. The largest absolute Gasteiger partial charge is 0.508 e. The topological polar surface area (TPSA) is 29.5 Å². The number of phenolic OH excluding ortho intramolecular Hbond substituents is 1. The molecule has 4 rings (SSSR count). The minimum Gasteiger partial charge on any atom is -0.508 e. The molecule has 1 aliphatic carbocycles. The van der Waals surface area contributed by atoms with E-state index in [1.807, 2.05) is 12.1 Å². The van der Waals surface area contributed by atoms with E-state index in [0.717, 1.165) is 11.3 Å². The number of hydrogen-bond acceptors (Lipinski definition) is 2. The highest BCUT2D eigenvalue weighted by atomic mass is 16.5. The zero-order chi connectivity index (χ0) is 11.0. The number of rotatable bonds is 0. The molecule has 0 amide bonds. The Balaban J connectivity index is 2.34. The molecule has 4 bridgehead atoms. The summed E-state index contributed by atoms with van der Waals surface area (Å²) in [6.45, 7) is 8.80. The van der Waals surface area contributed by atoms with Gasteiger partial charge < -0.3 is 9.84 Å². The fraction of sp³-hybridized carbons (Fsp3) is 0.538. The second-order valence-corrected chi connectivity index (χ2v) is 5.49. The summed E-state index contributed by atoms with van der Waals surface area (Å²) >= 11 is 0. The van der Waals surface area contributed by atoms with Crippen molar-refractivity contribution in [2.75, 3.05) is 0 Å². The van der Waals surface area contributed by atoms with E-state index in [-0.39, 0.29) is 11.0 Å². The molecule has 0 saturated heterocycles. The minimum absolute atomic E-state index is 0.0765. The summed E-state index contributed by atoms with van der Waals surface area (Å²) in [5.41, 5.74) is 2.17. The van der Waals surface area contributed by atoms with Crippen molar-refractivity contribution in [3.63, 3.8) is 0 Å². The smallest absolute Gasteiger partial charge is 0.141 e. The summed E-state index contributed by atoms with van der Waals surface area (Å²) in [6, 6.07) is 3.68. The summed E-state index contributed by atoms with van der Waals surface area (Å²) in [5, 5.41) is 9.65. The lowest BCUT2D eigenvalue weighted by atomic mass is 9.56. The second-order valence-electron chi connectivity index (χ2n) is 5.49. The predicted octanol–water partition coefficient (Wildman–Crippen LogP) is 3.14. The van der Waals surface area contributed by atoms with Gasteiger partial charge in [0.25, 0.3) is 0 Å². The first-order valence-electron chi connectivity index (χ1n) is 5.44. The van der Waals surface area contributed by atoms with Crippen LogP contribution in [0.2, 0.25) is 0 Å². The molecule has 2 atom stereocenters. The third-order valence-electron chi connectivity index (χ3n) is 4.70. The van der Waals surface area contributed by atoms with Crippen molar-refractivity contribution in [3.8, 4) is 11.5 Å². The Morgan fingerprint density at radius 2 is 1.93 bits per heavy atom. The molecule has 3 aliphatic rings. The molecule has 1 aromatic carbocycles. The molecular weight excluding hydrogens is 188 g/mol. The molecule has 1 N–H and O–H groups in total. The van der Waals surface area contributed by atoms with Crippen LogP contribution in [0.1, 0.15) is 44.7 Å². The average Bonchev–Trinajstić information content (AvgIpc) is 2.15. The molecule has 2 heteroatoms. The van der Waals surface area contributed by atoms with Crippen LogP contribution in [0.4, 0.5) is 0 Å². The molecule has 0 radical (unpaired) electrons. The van der Waals surface area contributed by atoms with E-state index < -0.39 is 0 Å². The lowest BCUT2D eigenvalue weighted by Gasteiger charge is -2.59. The molecule has 2 heterocycles. The molecular formula is C13H16O2. The highest BCUT2D eigenvalue weighted by molar-refractivity contribution is 5.61. The maximum absolute atomic E-state index is 9.65. The fourth-order valence-corrected chi connectivity index (χ4v) is 2.92. The molecule has 0 aromatic heterocycles. The van der Waals surface area contributed by atoms with Gasteiger partial charge in [0.2, 0.25) is 0 Å². The molecule has 0 saturated carbocycles. The van der Waals surface area contributed by atoms with Gasteiger partial charge in [-0.25, -0.2) is 0 Å². The maximum atomic E-state index is 9.65. The van der Waals surface area contributed by atoms with Crippen LogP contribution in [0.3, 0.4) is 0 Å². The maximum Gasteiger partial charge on any atom is 0.141 e. The highest BCUT2D eigenvalue weighted by Gasteiger charge is 2.60. The van der Waals surface area contributed by atoms with Crippen molar-refractivity contribution < 1.29 is 9.84 Å². The van der Waals surface area contributed by atoms with Crippen molar-refractivity contribution >= 4 is 0 Å². The Hall–Kier alpha value is -1.18. The zero-order valence-corrected chi connectivity index (χ0v) is 9.59. The van der Waals surface area contributed by atoms with Crippen molar-refractivity contribution in [1.82, 2.24) is 0 Å². The van der Waals surface area contributed by atoms with Crippen LogP contribution in [0.5, 0.6) is 11.5 Å². The molecule has 0 spiro atoms. The third-order valence-corrected chi connectivity index (χ3v) is 4.70. The lowest BCUT2D eigenvalue weighted by molar-refractivity contribution is -0.106. The molecule has 2 nitrogen and oxygen atoms in total. The van der Waals surface area contributed by atoms with Crippen LogP contribution in [0, 0.1) is 5.41 Å². The van der Waals surface area contributed by atoms with E-state index >= 15 is 0 Å². The number of fused-ring (bicyclic) bond motifs is 1. The van der Waals surface area contributed by atoms with Crippen LogP contribution >= 0.6 is 0 Å². The van der Waals surface area contributed by atoms with Crippen molar-refractivity contribution in [2.45, 2.75) is 39.2 Å². The van der Waals surface area contributed by atoms with Crippen LogP contribution in [0.15, 0.2) is 12.1 Å². The zero-order valence-electron chi connectivity index (χ0n) is 9.59. The summed E-state index contributed by atoms with van der Waals surface area (Å²) in [7, 11) is 0. The number of aromatic hydroxyl groups is 1. The first-order valence-corrected chi connectivity index (χ1v) is 5.44. The van der Waals surface area contributed by atoms with Crippen LogP contribution < -0.4 is 4.74 Å². The summed E-state index contributed by atoms with van der Waals surface area (Å²) < 4.78 is 5.92. The molecule has 2 aliphatic heterocycles. The summed E-state index contributed by atoms with van der Waals surface area (Å²) in [4.78, 5) is 0. The number of benzene rings is 1. The Bertz CT molecular complexity index is 445. The van der Waals surface area contributed by atoms with Gasteiger partial charge in [0, 0.05) is 16.5 Å². The number of phenols is 1. The van der Waals surface area contributed by atoms with Gasteiger partial charge in [0.1, 0.15) is 17.1 Å². The minimum atomic E-state index is -0.229. The van der Waals surface area contributed by atoms with Gasteiger partial charge in [-0.05, 0) is 25.0 Å². The van der Waals surface area contributed by atoms with Crippen molar-refractivity contribution in [3.05, 3.63) is 23.3 Å². The number of ether oxygens (including phenoxy) is 1. The molecule has 15 heavy (non-hydrogen) atoms. The number of hydrogen-bond donors (Lipinski definition) is 1. The van der Waals surface area contributed by atoms with Crippen molar-refractivity contribution in [2.24, 2.45) is 5.41 Å². The SMILES string of the molecule is CC1c2cc(O)cc3c2OC3(C)C1(C)C. The Morgan fingerprint density at radius 3 is 2.60 bits per heavy atom. The Kier molecular flexibility index (Phi) is 1.30. The average molecular weight is 204 g/mol. The quantitative estimate of drug-likeness (QED) is 0.703. The normalized spacial score (nSPS) is 34.3. The van der Waals surface area contributed by atoms with E-state index in [1.165, 1.54) is 5.56 Å². The first-order chi connectivity index (χ1) is 6.88. The van der Waals surface area contributed by atoms with Crippen LogP contribution in [-0.4, -0.2) is 5.11 Å². The van der Waals surface area contributed by atoms with E-state index in [2.05, 4.69) is 27.7 Å². The van der Waals surface area contributed by atoms with Gasteiger partial charge in [-0.3, -0.25) is 0 Å². The molecule has 2 unspecified atom stereocenters. The van der Waals surface area contributed by atoms with Crippen molar-refractivity contribution in [1.29, 1.82) is 0 Å². The van der Waals surface area contributed by atoms with E-state index in [9.17, 15) is 5.11 Å². The van der Waals surface area contributed by atoms with E-state index in [0.29, 0.717) is 11.7 Å². The second kappa shape index (κ2) is 2.16. The van der Waals surface area contributed by atoms with Gasteiger partial charge in [0.15, 0.2) is 0 Å². The first kappa shape index (κ1) is 9.08. The summed E-state index contributed by atoms with van der Waals surface area (Å²) in [6.07, 6.45) is 0. The molecule has 1 aromatic rings.